The Labute approximate surface area is 178 Å². The van der Waals surface area contributed by atoms with Gasteiger partial charge in [0.05, 0.1) is 5.56 Å². The van der Waals surface area contributed by atoms with Gasteiger partial charge in [-0.05, 0) is 74.9 Å². The molecular weight excluding hydrogens is 376 g/mol. The molecule has 0 aliphatic carbocycles. The Hall–Kier alpha value is -3.02. The summed E-state index contributed by atoms with van der Waals surface area (Å²) in [4.78, 5) is 30.0. The number of amides is 3. The molecule has 2 saturated heterocycles. The van der Waals surface area contributed by atoms with Crippen LogP contribution in [-0.4, -0.2) is 43.0 Å². The van der Waals surface area contributed by atoms with Crippen LogP contribution in [0.5, 0.6) is 0 Å². The number of rotatable bonds is 4. The minimum absolute atomic E-state index is 0.0656. The summed E-state index contributed by atoms with van der Waals surface area (Å²) in [6.07, 6.45) is 5.65. The number of anilines is 3. The molecule has 2 aromatic rings. The summed E-state index contributed by atoms with van der Waals surface area (Å²) in [6, 6.07) is 13.1. The summed E-state index contributed by atoms with van der Waals surface area (Å²) in [5, 5.41) is 5.74. The van der Waals surface area contributed by atoms with Gasteiger partial charge in [0, 0.05) is 43.2 Å². The van der Waals surface area contributed by atoms with Crippen molar-refractivity contribution in [2.24, 2.45) is 0 Å². The van der Waals surface area contributed by atoms with Crippen LogP contribution in [0.1, 0.15) is 48.0 Å². The van der Waals surface area contributed by atoms with E-state index in [2.05, 4.69) is 15.5 Å². The van der Waals surface area contributed by atoms with Crippen molar-refractivity contribution in [2.45, 2.75) is 39.0 Å². The molecule has 0 radical (unpaired) electrons. The maximum absolute atomic E-state index is 13.2. The number of piperidine rings is 1. The number of aryl methyl sites for hydroxylation is 1. The van der Waals surface area contributed by atoms with Crippen molar-refractivity contribution in [3.05, 3.63) is 53.6 Å². The molecule has 0 bridgehead atoms. The van der Waals surface area contributed by atoms with E-state index in [1.807, 2.05) is 54.3 Å². The van der Waals surface area contributed by atoms with Crippen LogP contribution in [0.4, 0.5) is 21.9 Å². The number of urea groups is 1. The molecule has 2 aliphatic rings. The van der Waals surface area contributed by atoms with Crippen molar-refractivity contribution >= 4 is 29.0 Å². The van der Waals surface area contributed by atoms with Crippen LogP contribution >= 0.6 is 0 Å². The predicted octanol–water partition coefficient (Wildman–Crippen LogP) is 4.87. The average molecular weight is 407 g/mol. The highest BCUT2D eigenvalue weighted by Crippen LogP contribution is 2.29. The van der Waals surface area contributed by atoms with Gasteiger partial charge in [-0.1, -0.05) is 12.1 Å². The number of likely N-dealkylation sites (tertiary alicyclic amines) is 1. The zero-order chi connectivity index (χ0) is 20.9. The molecule has 2 fully saturated rings. The van der Waals surface area contributed by atoms with Crippen LogP contribution in [0, 0.1) is 6.92 Å². The second-order valence-electron chi connectivity index (χ2n) is 8.23. The molecule has 6 heteroatoms. The van der Waals surface area contributed by atoms with E-state index in [1.165, 1.54) is 6.42 Å². The lowest BCUT2D eigenvalue weighted by molar-refractivity contribution is 0.0793. The van der Waals surface area contributed by atoms with Crippen LogP contribution < -0.4 is 15.5 Å². The Bertz CT molecular complexity index is 915. The Morgan fingerprint density at radius 1 is 0.800 bits per heavy atom. The summed E-state index contributed by atoms with van der Waals surface area (Å²) < 4.78 is 0. The van der Waals surface area contributed by atoms with Gasteiger partial charge >= 0.3 is 6.03 Å². The fourth-order valence-corrected chi connectivity index (χ4v) is 4.30. The van der Waals surface area contributed by atoms with E-state index >= 15 is 0 Å². The van der Waals surface area contributed by atoms with Gasteiger partial charge in [0.1, 0.15) is 0 Å². The predicted molar refractivity (Wildman–Crippen MR) is 121 cm³/mol. The molecular formula is C24H30N4O2. The van der Waals surface area contributed by atoms with E-state index in [9.17, 15) is 9.59 Å². The first-order valence-electron chi connectivity index (χ1n) is 10.9. The van der Waals surface area contributed by atoms with Crippen molar-refractivity contribution < 1.29 is 9.59 Å². The van der Waals surface area contributed by atoms with Crippen molar-refractivity contribution in [2.75, 3.05) is 41.7 Å². The van der Waals surface area contributed by atoms with E-state index in [1.54, 1.807) is 0 Å². The molecule has 0 unspecified atom stereocenters. The lowest BCUT2D eigenvalue weighted by Gasteiger charge is -2.31. The number of benzene rings is 2. The molecule has 0 aromatic heterocycles. The van der Waals surface area contributed by atoms with E-state index < -0.39 is 0 Å². The third kappa shape index (κ3) is 4.75. The summed E-state index contributed by atoms with van der Waals surface area (Å²) in [6.45, 7) is 5.55. The van der Waals surface area contributed by atoms with E-state index in [4.69, 9.17) is 0 Å². The highest BCUT2D eigenvalue weighted by molar-refractivity contribution is 6.04. The molecule has 2 heterocycles. The first-order chi connectivity index (χ1) is 14.6. The first kappa shape index (κ1) is 20.3. The number of hydrogen-bond acceptors (Lipinski definition) is 3. The lowest BCUT2D eigenvalue weighted by atomic mass is 10.1. The Balaban J connectivity index is 1.55. The number of nitrogens with one attached hydrogen (secondary N) is 2. The summed E-state index contributed by atoms with van der Waals surface area (Å²) in [7, 11) is 0. The maximum Gasteiger partial charge on any atom is 0.323 e. The summed E-state index contributed by atoms with van der Waals surface area (Å²) >= 11 is 0. The molecule has 0 saturated carbocycles. The highest BCUT2D eigenvalue weighted by atomic mass is 16.2. The van der Waals surface area contributed by atoms with Gasteiger partial charge in [-0.2, -0.15) is 0 Å². The van der Waals surface area contributed by atoms with Crippen LogP contribution in [-0.2, 0) is 0 Å². The minimum Gasteiger partial charge on any atom is -0.371 e. The number of carbonyl (C=O) groups is 2. The molecule has 0 spiro atoms. The zero-order valence-corrected chi connectivity index (χ0v) is 17.6. The fourth-order valence-electron chi connectivity index (χ4n) is 4.30. The molecule has 4 rings (SSSR count). The quantitative estimate of drug-likeness (QED) is 0.762. The second-order valence-corrected chi connectivity index (χ2v) is 8.23. The van der Waals surface area contributed by atoms with Gasteiger partial charge in [0.25, 0.3) is 5.91 Å². The van der Waals surface area contributed by atoms with Gasteiger partial charge in [-0.15, -0.1) is 0 Å². The molecule has 30 heavy (non-hydrogen) atoms. The molecule has 3 amide bonds. The number of hydrogen-bond donors (Lipinski definition) is 2. The van der Waals surface area contributed by atoms with Crippen LogP contribution in [0.15, 0.2) is 42.5 Å². The first-order valence-corrected chi connectivity index (χ1v) is 10.9. The van der Waals surface area contributed by atoms with E-state index in [-0.39, 0.29) is 11.9 Å². The minimum atomic E-state index is -0.314. The van der Waals surface area contributed by atoms with Crippen molar-refractivity contribution in [3.8, 4) is 0 Å². The van der Waals surface area contributed by atoms with Gasteiger partial charge in [-0.3, -0.25) is 4.79 Å². The van der Waals surface area contributed by atoms with Gasteiger partial charge in [0.15, 0.2) is 0 Å². The van der Waals surface area contributed by atoms with E-state index in [0.717, 1.165) is 68.8 Å². The Kier molecular flexibility index (Phi) is 6.21. The van der Waals surface area contributed by atoms with Crippen LogP contribution in [0.3, 0.4) is 0 Å². The highest BCUT2D eigenvalue weighted by Gasteiger charge is 2.25. The van der Waals surface area contributed by atoms with Gasteiger partial charge in [-0.25, -0.2) is 4.79 Å². The topological polar surface area (TPSA) is 64.7 Å². The fraction of sp³-hybridized carbons (Fsp3) is 0.417. The number of carbonyl (C=O) groups excluding carboxylic acids is 2. The molecule has 2 aromatic carbocycles. The van der Waals surface area contributed by atoms with Crippen molar-refractivity contribution in [1.29, 1.82) is 0 Å². The molecule has 6 nitrogen and oxygen atoms in total. The monoisotopic (exact) mass is 406 g/mol. The second kappa shape index (κ2) is 9.20. The third-order valence-electron chi connectivity index (χ3n) is 5.85. The van der Waals surface area contributed by atoms with Crippen molar-refractivity contribution in [3.63, 3.8) is 0 Å². The lowest BCUT2D eigenvalue weighted by Crippen LogP contribution is -2.34. The van der Waals surface area contributed by atoms with Gasteiger partial charge in [0.2, 0.25) is 0 Å². The maximum atomic E-state index is 13.2. The Morgan fingerprint density at radius 3 is 2.17 bits per heavy atom. The Morgan fingerprint density at radius 2 is 1.47 bits per heavy atom. The number of nitrogens with zero attached hydrogens (tertiary/aromatic N) is 2. The largest absolute Gasteiger partial charge is 0.371 e. The molecule has 2 aliphatic heterocycles. The van der Waals surface area contributed by atoms with Crippen LogP contribution in [0.2, 0.25) is 0 Å². The van der Waals surface area contributed by atoms with E-state index in [0.29, 0.717) is 11.3 Å². The molecule has 2 N–H and O–H groups in total. The average Bonchev–Trinajstić information content (AvgIpc) is 3.29. The normalized spacial score (nSPS) is 16.4. The summed E-state index contributed by atoms with van der Waals surface area (Å²) in [5.74, 6) is 0.0656. The third-order valence-corrected chi connectivity index (χ3v) is 5.85. The van der Waals surface area contributed by atoms with Crippen molar-refractivity contribution in [1.82, 2.24) is 4.90 Å². The smallest absolute Gasteiger partial charge is 0.323 e. The SMILES string of the molecule is Cc1cccc(NC(=O)Nc2ccc(N3CCCCC3)c(C(=O)N3CCCC3)c2)c1. The van der Waals surface area contributed by atoms with Crippen LogP contribution in [0.25, 0.3) is 0 Å². The molecule has 0 atom stereocenters. The zero-order valence-electron chi connectivity index (χ0n) is 17.6. The summed E-state index contributed by atoms with van der Waals surface area (Å²) in [5.41, 5.74) is 4.12. The standard InChI is InChI=1S/C24H30N4O2/c1-18-8-7-9-19(16-18)25-24(30)26-20-10-11-22(27-12-3-2-4-13-27)21(17-20)23(29)28-14-5-6-15-28/h7-11,16-17H,2-6,12-15H2,1H3,(H2,25,26,30). The van der Waals surface area contributed by atoms with Gasteiger partial charge < -0.3 is 20.4 Å². The molecule has 158 valence electrons.